The molecule has 0 unspecified atom stereocenters. The maximum absolute atomic E-state index is 13.6. The van der Waals surface area contributed by atoms with Crippen LogP contribution < -0.4 is 20.9 Å². The lowest BCUT2D eigenvalue weighted by Gasteiger charge is -2.36. The van der Waals surface area contributed by atoms with Crippen molar-refractivity contribution >= 4 is 23.6 Å². The minimum Gasteiger partial charge on any atom is -0.377 e. The van der Waals surface area contributed by atoms with E-state index in [1.54, 1.807) is 22.0 Å². The Morgan fingerprint density at radius 3 is 2.36 bits per heavy atom. The Bertz CT molecular complexity index is 1590. The zero-order valence-corrected chi connectivity index (χ0v) is 24.7. The fourth-order valence-electron chi connectivity index (χ4n) is 5.53. The van der Waals surface area contributed by atoms with Gasteiger partial charge in [0, 0.05) is 55.4 Å². The number of nitrogens with one attached hydrogen (secondary N) is 3. The molecule has 0 radical (unpaired) electrons. The molecule has 1 aliphatic heterocycles. The van der Waals surface area contributed by atoms with Crippen LogP contribution in [0, 0.1) is 0 Å². The first-order valence-electron chi connectivity index (χ1n) is 14.8. The van der Waals surface area contributed by atoms with Crippen molar-refractivity contribution < 1.29 is 22.7 Å². The van der Waals surface area contributed by atoms with E-state index in [1.807, 2.05) is 55.7 Å². The van der Waals surface area contributed by atoms with Crippen molar-refractivity contribution in [3.05, 3.63) is 78.4 Å². The standard InChI is InChI=1S/C31H34F3N9O2/c1-42-17-22(15-38-42)21-7-12-27(35-14-21)43(30(44)37-13-20-5-3-2-4-6-20)25-10-8-23(9-11-25)40-29-36-16-26(31(32,33)34)28(41-29)39-24-18-45-19-24/h2-7,12,14-17,23-25H,8-11,13,18-19H2,1H3,(H,37,44)(H2,36,39,40,41). The van der Waals surface area contributed by atoms with Gasteiger partial charge in [-0.05, 0) is 43.4 Å². The summed E-state index contributed by atoms with van der Waals surface area (Å²) < 4.78 is 47.5. The number of rotatable bonds is 9. The van der Waals surface area contributed by atoms with Crippen LogP contribution in [0.4, 0.5) is 35.5 Å². The number of anilines is 3. The maximum Gasteiger partial charge on any atom is 0.421 e. The van der Waals surface area contributed by atoms with E-state index in [-0.39, 0.29) is 35.9 Å². The number of aromatic nitrogens is 5. The summed E-state index contributed by atoms with van der Waals surface area (Å²) in [5, 5.41) is 13.3. The van der Waals surface area contributed by atoms with E-state index >= 15 is 0 Å². The number of pyridine rings is 1. The van der Waals surface area contributed by atoms with Crippen LogP contribution in [0.1, 0.15) is 36.8 Å². The fraction of sp³-hybridized carbons (Fsp3) is 0.387. The van der Waals surface area contributed by atoms with Gasteiger partial charge in [0.05, 0.1) is 25.5 Å². The number of ether oxygens (including phenoxy) is 1. The van der Waals surface area contributed by atoms with Crippen molar-refractivity contribution in [2.45, 2.75) is 56.5 Å². The fourth-order valence-corrected chi connectivity index (χ4v) is 5.53. The largest absolute Gasteiger partial charge is 0.421 e. The average Bonchev–Trinajstić information content (AvgIpc) is 3.45. The molecule has 1 saturated heterocycles. The predicted molar refractivity (Wildman–Crippen MR) is 163 cm³/mol. The smallest absolute Gasteiger partial charge is 0.377 e. The molecule has 1 aromatic carbocycles. The predicted octanol–water partition coefficient (Wildman–Crippen LogP) is 5.24. The van der Waals surface area contributed by atoms with E-state index in [0.29, 0.717) is 51.3 Å². The van der Waals surface area contributed by atoms with Gasteiger partial charge >= 0.3 is 12.2 Å². The lowest BCUT2D eigenvalue weighted by Crippen LogP contribution is -2.49. The molecule has 0 atom stereocenters. The van der Waals surface area contributed by atoms with Crippen LogP contribution in [-0.2, 0) is 24.5 Å². The number of nitrogens with zero attached hydrogens (tertiary/aromatic N) is 6. The lowest BCUT2D eigenvalue weighted by molar-refractivity contribution is -0.137. The SMILES string of the molecule is Cn1cc(-c2ccc(N(C(=O)NCc3ccccc3)C3CCC(Nc4ncc(C(F)(F)F)c(NC5COC5)n4)CC3)nc2)cn1. The summed E-state index contributed by atoms with van der Waals surface area (Å²) in [5.41, 5.74) is 1.88. The molecule has 45 heavy (non-hydrogen) atoms. The molecule has 2 aliphatic rings. The Morgan fingerprint density at radius 1 is 0.956 bits per heavy atom. The quantitative estimate of drug-likeness (QED) is 0.232. The number of hydrogen-bond donors (Lipinski definition) is 3. The third-order valence-corrected chi connectivity index (χ3v) is 8.01. The summed E-state index contributed by atoms with van der Waals surface area (Å²) >= 11 is 0. The summed E-state index contributed by atoms with van der Waals surface area (Å²) in [5.74, 6) is 0.398. The van der Waals surface area contributed by atoms with Crippen LogP contribution in [-0.4, -0.2) is 62.1 Å². The van der Waals surface area contributed by atoms with E-state index in [2.05, 4.69) is 36.0 Å². The Balaban J connectivity index is 1.15. The number of hydrogen-bond acceptors (Lipinski definition) is 8. The highest BCUT2D eigenvalue weighted by atomic mass is 19.4. The molecule has 2 fully saturated rings. The van der Waals surface area contributed by atoms with Gasteiger partial charge < -0.3 is 20.7 Å². The Labute approximate surface area is 258 Å². The van der Waals surface area contributed by atoms with E-state index in [0.717, 1.165) is 22.9 Å². The van der Waals surface area contributed by atoms with Crippen molar-refractivity contribution in [2.24, 2.45) is 7.05 Å². The van der Waals surface area contributed by atoms with Crippen LogP contribution >= 0.6 is 0 Å². The number of carbonyl (C=O) groups excluding carboxylic acids is 1. The molecule has 1 aliphatic carbocycles. The normalized spacial score (nSPS) is 18.6. The Morgan fingerprint density at radius 2 is 1.73 bits per heavy atom. The first-order chi connectivity index (χ1) is 21.7. The molecule has 0 bridgehead atoms. The van der Waals surface area contributed by atoms with Crippen LogP contribution in [0.5, 0.6) is 0 Å². The molecule has 0 spiro atoms. The molecule has 2 amide bonds. The van der Waals surface area contributed by atoms with E-state index in [9.17, 15) is 18.0 Å². The molecule has 1 saturated carbocycles. The molecule has 236 valence electrons. The first kappa shape index (κ1) is 30.3. The van der Waals surface area contributed by atoms with Crippen LogP contribution in [0.2, 0.25) is 0 Å². The zero-order valence-electron chi connectivity index (χ0n) is 24.7. The summed E-state index contributed by atoms with van der Waals surface area (Å²) in [4.78, 5) is 28.1. The summed E-state index contributed by atoms with van der Waals surface area (Å²) in [7, 11) is 1.85. The Kier molecular flexibility index (Phi) is 8.83. The van der Waals surface area contributed by atoms with Crippen molar-refractivity contribution in [1.29, 1.82) is 0 Å². The monoisotopic (exact) mass is 621 g/mol. The van der Waals surface area contributed by atoms with Gasteiger partial charge in [-0.15, -0.1) is 0 Å². The summed E-state index contributed by atoms with van der Waals surface area (Å²) in [6.07, 6.45) is 4.23. The van der Waals surface area contributed by atoms with Gasteiger partial charge in [0.25, 0.3) is 0 Å². The van der Waals surface area contributed by atoms with Gasteiger partial charge in [-0.1, -0.05) is 30.3 Å². The second-order valence-corrected chi connectivity index (χ2v) is 11.3. The molecular weight excluding hydrogens is 587 g/mol. The van der Waals surface area contributed by atoms with E-state index in [1.165, 1.54) is 0 Å². The average molecular weight is 622 g/mol. The third-order valence-electron chi connectivity index (χ3n) is 8.01. The van der Waals surface area contributed by atoms with Crippen LogP contribution in [0.3, 0.4) is 0 Å². The van der Waals surface area contributed by atoms with Gasteiger partial charge in [0.15, 0.2) is 0 Å². The highest BCUT2D eigenvalue weighted by Crippen LogP contribution is 2.35. The number of carbonyl (C=O) groups is 1. The van der Waals surface area contributed by atoms with Gasteiger partial charge in [0.2, 0.25) is 5.95 Å². The minimum atomic E-state index is -4.59. The number of benzene rings is 1. The third kappa shape index (κ3) is 7.33. The molecule has 14 heteroatoms. The molecule has 6 rings (SSSR count). The number of alkyl halides is 3. The van der Waals surface area contributed by atoms with Gasteiger partial charge in [-0.25, -0.2) is 14.8 Å². The number of amides is 2. The second-order valence-electron chi connectivity index (χ2n) is 11.3. The molecule has 11 nitrogen and oxygen atoms in total. The van der Waals surface area contributed by atoms with Gasteiger partial charge in [-0.3, -0.25) is 9.58 Å². The van der Waals surface area contributed by atoms with Crippen LogP contribution in [0.25, 0.3) is 11.1 Å². The van der Waals surface area contributed by atoms with Crippen molar-refractivity contribution in [3.8, 4) is 11.1 Å². The number of urea groups is 1. The lowest BCUT2D eigenvalue weighted by atomic mass is 9.90. The van der Waals surface area contributed by atoms with Gasteiger partial charge in [0.1, 0.15) is 17.2 Å². The van der Waals surface area contributed by atoms with Crippen molar-refractivity contribution in [3.63, 3.8) is 0 Å². The highest BCUT2D eigenvalue weighted by molar-refractivity contribution is 5.91. The van der Waals surface area contributed by atoms with Crippen LogP contribution in [0.15, 0.2) is 67.3 Å². The number of halogens is 3. The Hall–Kier alpha value is -4.72. The first-order valence-corrected chi connectivity index (χ1v) is 14.8. The summed E-state index contributed by atoms with van der Waals surface area (Å²) in [6, 6.07) is 12.7. The molecule has 4 heterocycles. The van der Waals surface area contributed by atoms with Crippen molar-refractivity contribution in [1.82, 2.24) is 30.0 Å². The highest BCUT2D eigenvalue weighted by Gasteiger charge is 2.37. The summed E-state index contributed by atoms with van der Waals surface area (Å²) in [6.45, 7) is 1.02. The van der Waals surface area contributed by atoms with Crippen molar-refractivity contribution in [2.75, 3.05) is 28.7 Å². The maximum atomic E-state index is 13.6. The molecule has 3 N–H and O–H groups in total. The second kappa shape index (κ2) is 13.1. The number of aryl methyl sites for hydroxylation is 1. The zero-order chi connectivity index (χ0) is 31.4. The molecular formula is C31H34F3N9O2. The molecule has 3 aromatic heterocycles. The minimum absolute atomic E-state index is 0.0759. The topological polar surface area (TPSA) is 122 Å². The van der Waals surface area contributed by atoms with E-state index in [4.69, 9.17) is 4.74 Å². The van der Waals surface area contributed by atoms with E-state index < -0.39 is 11.7 Å². The van der Waals surface area contributed by atoms with Gasteiger partial charge in [-0.2, -0.15) is 23.3 Å². The molecule has 4 aromatic rings.